The summed E-state index contributed by atoms with van der Waals surface area (Å²) in [6, 6.07) is 0. The van der Waals surface area contributed by atoms with Crippen molar-refractivity contribution in [3.05, 3.63) is 85.1 Å². The molecular formula is C61H104O6. The standard InChI is InChI=1S/C61H104O6/c1-4-7-10-13-16-19-22-25-28-30-33-36-39-42-45-48-51-54-60(63)66-57-58(56-65-59(62)53-50-47-44-41-38-35-32-27-24-21-18-15-12-9-6-3)67-61(64)55-52-49-46-43-40-37-34-31-29-26-23-20-17-14-11-8-5-2/h7,9-10,12,16,18-19,21,25,27-28,32,38,41,58H,4-6,8,11,13-15,17,20,22-24,26,29-31,33-37,39-40,42-57H2,1-3H3/b10-7-,12-9-,19-16-,21-18-,28-25-,32-27-,41-38-. The van der Waals surface area contributed by atoms with E-state index in [1.54, 1.807) is 0 Å². The minimum Gasteiger partial charge on any atom is -0.462 e. The van der Waals surface area contributed by atoms with Crippen LogP contribution in [0.5, 0.6) is 0 Å². The van der Waals surface area contributed by atoms with Crippen molar-refractivity contribution in [2.24, 2.45) is 0 Å². The van der Waals surface area contributed by atoms with Crippen LogP contribution in [0.15, 0.2) is 85.1 Å². The van der Waals surface area contributed by atoms with E-state index < -0.39 is 6.10 Å². The zero-order valence-corrected chi connectivity index (χ0v) is 43.9. The van der Waals surface area contributed by atoms with Crippen LogP contribution < -0.4 is 0 Å². The monoisotopic (exact) mass is 933 g/mol. The quantitative estimate of drug-likeness (QED) is 0.0262. The fourth-order valence-electron chi connectivity index (χ4n) is 7.74. The van der Waals surface area contributed by atoms with E-state index >= 15 is 0 Å². The molecule has 0 radical (unpaired) electrons. The van der Waals surface area contributed by atoms with Crippen molar-refractivity contribution < 1.29 is 28.6 Å². The lowest BCUT2D eigenvalue weighted by Crippen LogP contribution is -2.30. The first kappa shape index (κ1) is 63.6. The smallest absolute Gasteiger partial charge is 0.306 e. The molecular weight excluding hydrogens is 829 g/mol. The number of rotatable bonds is 50. The SMILES string of the molecule is CC/C=C\C/C=C\C/C=C\C/C=C\CCCCC(=O)OCC(COC(=O)CCCCCCCCC/C=C\C/C=C\C/C=C\CC)OC(=O)CCCCCCCCCCCCCCCCCCC. The second kappa shape index (κ2) is 55.2. The van der Waals surface area contributed by atoms with E-state index in [2.05, 4.69) is 106 Å². The lowest BCUT2D eigenvalue weighted by Gasteiger charge is -2.18. The molecule has 0 saturated heterocycles. The first-order valence-electron chi connectivity index (χ1n) is 28.1. The van der Waals surface area contributed by atoms with Gasteiger partial charge in [0.1, 0.15) is 13.2 Å². The van der Waals surface area contributed by atoms with Gasteiger partial charge in [0.15, 0.2) is 6.10 Å². The average molecular weight is 933 g/mol. The van der Waals surface area contributed by atoms with Crippen molar-refractivity contribution in [3.63, 3.8) is 0 Å². The molecule has 0 fully saturated rings. The molecule has 0 aliphatic rings. The number of ether oxygens (including phenoxy) is 3. The van der Waals surface area contributed by atoms with E-state index in [-0.39, 0.29) is 31.1 Å². The van der Waals surface area contributed by atoms with E-state index in [0.717, 1.165) is 109 Å². The first-order chi connectivity index (χ1) is 33.0. The summed E-state index contributed by atoms with van der Waals surface area (Å²) >= 11 is 0. The summed E-state index contributed by atoms with van der Waals surface area (Å²) < 4.78 is 16.8. The van der Waals surface area contributed by atoms with Crippen molar-refractivity contribution >= 4 is 17.9 Å². The van der Waals surface area contributed by atoms with Crippen molar-refractivity contribution in [1.82, 2.24) is 0 Å². The highest BCUT2D eigenvalue weighted by Crippen LogP contribution is 2.16. The molecule has 0 saturated carbocycles. The Kier molecular flexibility index (Phi) is 52.4. The molecule has 0 bridgehead atoms. The summed E-state index contributed by atoms with van der Waals surface area (Å²) in [7, 11) is 0. The first-order valence-corrected chi connectivity index (χ1v) is 28.1. The van der Waals surface area contributed by atoms with Crippen LogP contribution in [0.25, 0.3) is 0 Å². The fourth-order valence-corrected chi connectivity index (χ4v) is 7.74. The van der Waals surface area contributed by atoms with Gasteiger partial charge in [0.2, 0.25) is 0 Å². The molecule has 1 atom stereocenters. The fraction of sp³-hybridized carbons (Fsp3) is 0.721. The van der Waals surface area contributed by atoms with Gasteiger partial charge < -0.3 is 14.2 Å². The average Bonchev–Trinajstić information content (AvgIpc) is 3.33. The van der Waals surface area contributed by atoms with E-state index in [9.17, 15) is 14.4 Å². The predicted octanol–water partition coefficient (Wildman–Crippen LogP) is 18.8. The number of esters is 3. The number of unbranched alkanes of at least 4 members (excludes halogenated alkanes) is 25. The number of allylic oxidation sites excluding steroid dienone is 14. The van der Waals surface area contributed by atoms with Gasteiger partial charge in [0.05, 0.1) is 0 Å². The van der Waals surface area contributed by atoms with Crippen molar-refractivity contribution in [2.45, 2.75) is 271 Å². The van der Waals surface area contributed by atoms with Gasteiger partial charge in [-0.05, 0) is 89.9 Å². The third kappa shape index (κ3) is 53.4. The number of carbonyl (C=O) groups is 3. The highest BCUT2D eigenvalue weighted by Gasteiger charge is 2.19. The van der Waals surface area contributed by atoms with Crippen LogP contribution in [-0.4, -0.2) is 37.2 Å². The van der Waals surface area contributed by atoms with E-state index in [1.165, 1.54) is 116 Å². The van der Waals surface area contributed by atoms with Crippen LogP contribution in [0.1, 0.15) is 265 Å². The van der Waals surface area contributed by atoms with Crippen molar-refractivity contribution in [2.75, 3.05) is 13.2 Å². The minimum absolute atomic E-state index is 0.0935. The Morgan fingerprint density at radius 1 is 0.313 bits per heavy atom. The van der Waals surface area contributed by atoms with Gasteiger partial charge in [-0.3, -0.25) is 14.4 Å². The van der Waals surface area contributed by atoms with Gasteiger partial charge in [-0.2, -0.15) is 0 Å². The molecule has 0 spiro atoms. The molecule has 6 nitrogen and oxygen atoms in total. The Morgan fingerprint density at radius 2 is 0.582 bits per heavy atom. The van der Waals surface area contributed by atoms with Gasteiger partial charge in [0.25, 0.3) is 0 Å². The normalized spacial score (nSPS) is 12.7. The van der Waals surface area contributed by atoms with Crippen molar-refractivity contribution in [3.8, 4) is 0 Å². The van der Waals surface area contributed by atoms with E-state index in [0.29, 0.717) is 19.3 Å². The number of hydrogen-bond donors (Lipinski definition) is 0. The Labute approximate surface area is 414 Å². The molecule has 384 valence electrons. The molecule has 0 rings (SSSR count). The van der Waals surface area contributed by atoms with Crippen LogP contribution in [0.4, 0.5) is 0 Å². The topological polar surface area (TPSA) is 78.9 Å². The number of carbonyl (C=O) groups excluding carboxylic acids is 3. The Hall–Kier alpha value is -3.41. The molecule has 67 heavy (non-hydrogen) atoms. The molecule has 0 N–H and O–H groups in total. The highest BCUT2D eigenvalue weighted by atomic mass is 16.6. The van der Waals surface area contributed by atoms with Gasteiger partial charge >= 0.3 is 17.9 Å². The molecule has 0 aromatic rings. The molecule has 0 aliphatic carbocycles. The largest absolute Gasteiger partial charge is 0.462 e. The van der Waals surface area contributed by atoms with Gasteiger partial charge in [-0.25, -0.2) is 0 Å². The maximum Gasteiger partial charge on any atom is 0.306 e. The van der Waals surface area contributed by atoms with Crippen molar-refractivity contribution in [1.29, 1.82) is 0 Å². The summed E-state index contributed by atoms with van der Waals surface area (Å²) in [5, 5.41) is 0. The summed E-state index contributed by atoms with van der Waals surface area (Å²) in [6.45, 7) is 6.39. The lowest BCUT2D eigenvalue weighted by atomic mass is 10.0. The summed E-state index contributed by atoms with van der Waals surface area (Å²) in [4.78, 5) is 38.1. The molecule has 0 aliphatic heterocycles. The maximum atomic E-state index is 12.9. The molecule has 0 amide bonds. The summed E-state index contributed by atoms with van der Waals surface area (Å²) in [5.74, 6) is -0.938. The Bertz CT molecular complexity index is 1300. The molecule has 0 heterocycles. The van der Waals surface area contributed by atoms with Crippen LogP contribution in [0.2, 0.25) is 0 Å². The molecule has 0 aromatic carbocycles. The second-order valence-electron chi connectivity index (χ2n) is 18.4. The van der Waals surface area contributed by atoms with Gasteiger partial charge in [-0.1, -0.05) is 241 Å². The summed E-state index contributed by atoms with van der Waals surface area (Å²) in [6.07, 6.45) is 71.4. The van der Waals surface area contributed by atoms with Crippen LogP contribution in [0, 0.1) is 0 Å². The Balaban J connectivity index is 4.44. The molecule has 6 heteroatoms. The van der Waals surface area contributed by atoms with Gasteiger partial charge in [0, 0.05) is 19.3 Å². The van der Waals surface area contributed by atoms with Crippen LogP contribution in [0.3, 0.4) is 0 Å². The van der Waals surface area contributed by atoms with Crippen LogP contribution in [-0.2, 0) is 28.6 Å². The lowest BCUT2D eigenvalue weighted by molar-refractivity contribution is -0.167. The highest BCUT2D eigenvalue weighted by molar-refractivity contribution is 5.71. The summed E-state index contributed by atoms with van der Waals surface area (Å²) in [5.41, 5.74) is 0. The molecule has 0 aromatic heterocycles. The van der Waals surface area contributed by atoms with E-state index in [1.807, 2.05) is 0 Å². The van der Waals surface area contributed by atoms with Crippen LogP contribution >= 0.6 is 0 Å². The minimum atomic E-state index is -0.796. The zero-order valence-electron chi connectivity index (χ0n) is 43.9. The zero-order chi connectivity index (χ0) is 48.6. The Morgan fingerprint density at radius 3 is 0.940 bits per heavy atom. The predicted molar refractivity (Wildman–Crippen MR) is 288 cm³/mol. The van der Waals surface area contributed by atoms with Gasteiger partial charge in [-0.15, -0.1) is 0 Å². The maximum absolute atomic E-state index is 12.9. The number of hydrogen-bond acceptors (Lipinski definition) is 6. The third-order valence-corrected chi connectivity index (χ3v) is 11.9. The molecule has 1 unspecified atom stereocenters. The van der Waals surface area contributed by atoms with E-state index in [4.69, 9.17) is 14.2 Å². The second-order valence-corrected chi connectivity index (χ2v) is 18.4. The third-order valence-electron chi connectivity index (χ3n) is 11.9.